The van der Waals surface area contributed by atoms with Gasteiger partial charge in [0.15, 0.2) is 5.69 Å². The molecule has 0 spiro atoms. The number of carboxylic acid groups (broad SMARTS) is 1. The van der Waals surface area contributed by atoms with Gasteiger partial charge in [0.05, 0.1) is 12.2 Å². The average molecular weight is 294 g/mol. The van der Waals surface area contributed by atoms with E-state index in [9.17, 15) is 9.90 Å². The van der Waals surface area contributed by atoms with Gasteiger partial charge in [0.2, 0.25) is 0 Å². The minimum Gasteiger partial charge on any atom is -0.476 e. The molecule has 110 valence electrons. The van der Waals surface area contributed by atoms with Crippen molar-refractivity contribution in [2.24, 2.45) is 0 Å². The van der Waals surface area contributed by atoms with E-state index in [2.05, 4.69) is 15.3 Å². The number of hydrogen-bond acceptors (Lipinski definition) is 4. The molecule has 22 heavy (non-hydrogen) atoms. The second kappa shape index (κ2) is 5.77. The lowest BCUT2D eigenvalue weighted by Crippen LogP contribution is -2.07. The minimum atomic E-state index is -1.11. The van der Waals surface area contributed by atoms with E-state index in [0.29, 0.717) is 17.9 Å². The maximum atomic E-state index is 11.4. The van der Waals surface area contributed by atoms with Crippen molar-refractivity contribution < 1.29 is 9.90 Å². The van der Waals surface area contributed by atoms with Crippen molar-refractivity contribution in [1.29, 1.82) is 0 Å². The molecule has 0 saturated carbocycles. The Hall–Kier alpha value is -3.02. The highest BCUT2D eigenvalue weighted by Gasteiger charge is 2.21. The Labute approximate surface area is 127 Å². The van der Waals surface area contributed by atoms with Crippen LogP contribution in [0.2, 0.25) is 0 Å². The summed E-state index contributed by atoms with van der Waals surface area (Å²) < 4.78 is 1.57. The second-order valence-electron chi connectivity index (χ2n) is 4.95. The number of hydrogen-bond donors (Lipinski definition) is 1. The van der Waals surface area contributed by atoms with E-state index >= 15 is 0 Å². The SMILES string of the molecule is Cc1ccc(Cn2nnc(C(=O)O)c2-c2ccccn2)cc1. The van der Waals surface area contributed by atoms with Gasteiger partial charge in [0.25, 0.3) is 0 Å². The molecule has 0 radical (unpaired) electrons. The summed E-state index contributed by atoms with van der Waals surface area (Å²) in [6.07, 6.45) is 1.62. The first-order valence-electron chi connectivity index (χ1n) is 6.79. The molecule has 0 aliphatic carbocycles. The predicted octanol–water partition coefficient (Wildman–Crippen LogP) is 2.40. The van der Waals surface area contributed by atoms with Gasteiger partial charge < -0.3 is 5.11 Å². The Morgan fingerprint density at radius 1 is 1.18 bits per heavy atom. The molecular formula is C16H14N4O2. The second-order valence-corrected chi connectivity index (χ2v) is 4.95. The smallest absolute Gasteiger partial charge is 0.358 e. The molecule has 6 heteroatoms. The van der Waals surface area contributed by atoms with E-state index in [1.54, 1.807) is 29.1 Å². The first kappa shape index (κ1) is 13.9. The van der Waals surface area contributed by atoms with Crippen LogP contribution < -0.4 is 0 Å². The number of aromatic carboxylic acids is 1. The Bertz CT molecular complexity index is 795. The summed E-state index contributed by atoms with van der Waals surface area (Å²) in [5.74, 6) is -1.11. The Balaban J connectivity index is 2.05. The normalized spacial score (nSPS) is 10.6. The minimum absolute atomic E-state index is 0.0918. The van der Waals surface area contributed by atoms with Crippen LogP contribution in [0.15, 0.2) is 48.7 Å². The van der Waals surface area contributed by atoms with Crippen molar-refractivity contribution in [3.63, 3.8) is 0 Å². The van der Waals surface area contributed by atoms with Crippen molar-refractivity contribution in [3.05, 3.63) is 65.5 Å². The van der Waals surface area contributed by atoms with Crippen LogP contribution in [0.25, 0.3) is 11.4 Å². The summed E-state index contributed by atoms with van der Waals surface area (Å²) in [5.41, 5.74) is 3.04. The van der Waals surface area contributed by atoms with Gasteiger partial charge in [-0.15, -0.1) is 5.10 Å². The zero-order valence-corrected chi connectivity index (χ0v) is 12.0. The number of benzene rings is 1. The van der Waals surface area contributed by atoms with E-state index in [0.717, 1.165) is 5.56 Å². The summed E-state index contributed by atoms with van der Waals surface area (Å²) in [6.45, 7) is 2.45. The fourth-order valence-corrected chi connectivity index (χ4v) is 2.19. The summed E-state index contributed by atoms with van der Waals surface area (Å²) in [6, 6.07) is 13.3. The third kappa shape index (κ3) is 2.71. The highest BCUT2D eigenvalue weighted by atomic mass is 16.4. The van der Waals surface area contributed by atoms with Crippen molar-refractivity contribution in [3.8, 4) is 11.4 Å². The van der Waals surface area contributed by atoms with Crippen LogP contribution in [0.4, 0.5) is 0 Å². The monoisotopic (exact) mass is 294 g/mol. The van der Waals surface area contributed by atoms with Crippen LogP contribution >= 0.6 is 0 Å². The molecule has 0 bridgehead atoms. The van der Waals surface area contributed by atoms with Gasteiger partial charge in [-0.25, -0.2) is 9.48 Å². The van der Waals surface area contributed by atoms with Crippen LogP contribution in [-0.4, -0.2) is 31.1 Å². The zero-order chi connectivity index (χ0) is 15.5. The Morgan fingerprint density at radius 2 is 1.95 bits per heavy atom. The fraction of sp³-hybridized carbons (Fsp3) is 0.125. The fourth-order valence-electron chi connectivity index (χ4n) is 2.19. The van der Waals surface area contributed by atoms with Gasteiger partial charge in [-0.05, 0) is 24.6 Å². The van der Waals surface area contributed by atoms with Gasteiger partial charge >= 0.3 is 5.97 Å². The molecule has 1 aromatic carbocycles. The van der Waals surface area contributed by atoms with Gasteiger partial charge in [-0.3, -0.25) is 4.98 Å². The molecular weight excluding hydrogens is 280 g/mol. The van der Waals surface area contributed by atoms with Crippen molar-refractivity contribution >= 4 is 5.97 Å². The van der Waals surface area contributed by atoms with E-state index in [-0.39, 0.29) is 5.69 Å². The van der Waals surface area contributed by atoms with Gasteiger partial charge in [0, 0.05) is 6.20 Å². The van der Waals surface area contributed by atoms with Crippen LogP contribution in [0.3, 0.4) is 0 Å². The van der Waals surface area contributed by atoms with E-state index in [4.69, 9.17) is 0 Å². The molecule has 6 nitrogen and oxygen atoms in total. The van der Waals surface area contributed by atoms with Crippen LogP contribution in [0.5, 0.6) is 0 Å². The molecule has 2 heterocycles. The number of rotatable bonds is 4. The average Bonchev–Trinajstić information content (AvgIpc) is 2.94. The third-order valence-corrected chi connectivity index (χ3v) is 3.30. The van der Waals surface area contributed by atoms with Crippen molar-refractivity contribution in [2.75, 3.05) is 0 Å². The van der Waals surface area contributed by atoms with E-state index in [1.165, 1.54) is 5.56 Å². The number of pyridine rings is 1. The zero-order valence-electron chi connectivity index (χ0n) is 12.0. The number of carboxylic acids is 1. The molecule has 0 aliphatic rings. The number of nitrogens with zero attached hydrogens (tertiary/aromatic N) is 4. The van der Waals surface area contributed by atoms with Crippen molar-refractivity contribution in [2.45, 2.75) is 13.5 Å². The molecule has 0 unspecified atom stereocenters. The van der Waals surface area contributed by atoms with Crippen LogP contribution in [0.1, 0.15) is 21.6 Å². The molecule has 3 rings (SSSR count). The molecule has 0 saturated heterocycles. The van der Waals surface area contributed by atoms with Crippen LogP contribution in [-0.2, 0) is 6.54 Å². The Morgan fingerprint density at radius 3 is 2.59 bits per heavy atom. The maximum absolute atomic E-state index is 11.4. The van der Waals surface area contributed by atoms with E-state index < -0.39 is 5.97 Å². The van der Waals surface area contributed by atoms with Crippen molar-refractivity contribution in [1.82, 2.24) is 20.0 Å². The lowest BCUT2D eigenvalue weighted by Gasteiger charge is -2.07. The van der Waals surface area contributed by atoms with Gasteiger partial charge in [-0.1, -0.05) is 41.1 Å². The molecule has 0 atom stereocenters. The highest BCUT2D eigenvalue weighted by Crippen LogP contribution is 2.21. The third-order valence-electron chi connectivity index (χ3n) is 3.30. The van der Waals surface area contributed by atoms with Gasteiger partial charge in [0.1, 0.15) is 5.69 Å². The summed E-state index contributed by atoms with van der Waals surface area (Å²) in [4.78, 5) is 15.6. The first-order chi connectivity index (χ1) is 10.6. The molecule has 3 aromatic rings. The predicted molar refractivity (Wildman–Crippen MR) is 80.5 cm³/mol. The maximum Gasteiger partial charge on any atom is 0.358 e. The van der Waals surface area contributed by atoms with Gasteiger partial charge in [-0.2, -0.15) is 0 Å². The standard InChI is InChI=1S/C16H14N4O2/c1-11-5-7-12(8-6-11)10-20-15(13-4-2-3-9-17-13)14(16(21)22)18-19-20/h2-9H,10H2,1H3,(H,21,22). The molecule has 1 N–H and O–H groups in total. The van der Waals surface area contributed by atoms with E-state index in [1.807, 2.05) is 31.2 Å². The number of carbonyl (C=O) groups is 1. The molecule has 2 aromatic heterocycles. The molecule has 0 aliphatic heterocycles. The summed E-state index contributed by atoms with van der Waals surface area (Å²) in [5, 5.41) is 17.1. The number of aryl methyl sites for hydroxylation is 1. The lowest BCUT2D eigenvalue weighted by molar-refractivity contribution is 0.0691. The quantitative estimate of drug-likeness (QED) is 0.799. The Kier molecular flexibility index (Phi) is 3.65. The summed E-state index contributed by atoms with van der Waals surface area (Å²) in [7, 11) is 0. The topological polar surface area (TPSA) is 80.9 Å². The molecule has 0 amide bonds. The summed E-state index contributed by atoms with van der Waals surface area (Å²) >= 11 is 0. The first-order valence-corrected chi connectivity index (χ1v) is 6.79. The lowest BCUT2D eigenvalue weighted by atomic mass is 10.1. The number of aromatic nitrogens is 4. The molecule has 0 fully saturated rings. The largest absolute Gasteiger partial charge is 0.476 e. The van der Waals surface area contributed by atoms with Crippen LogP contribution in [0, 0.1) is 6.92 Å². The highest BCUT2D eigenvalue weighted by molar-refractivity contribution is 5.92.